The van der Waals surface area contributed by atoms with Gasteiger partial charge in [0.15, 0.2) is 5.60 Å². The second kappa shape index (κ2) is 5.46. The second-order valence-corrected chi connectivity index (χ2v) is 4.42. The highest BCUT2D eigenvalue weighted by Gasteiger charge is 2.38. The van der Waals surface area contributed by atoms with E-state index in [1.807, 2.05) is 12.1 Å². The summed E-state index contributed by atoms with van der Waals surface area (Å²) >= 11 is 0. The first kappa shape index (κ1) is 14.3. The Morgan fingerprint density at radius 1 is 1.00 bits per heavy atom. The zero-order valence-corrected chi connectivity index (χ0v) is 10.9. The number of nitriles is 2. The van der Waals surface area contributed by atoms with Crippen molar-refractivity contribution in [3.8, 4) is 12.1 Å². The summed E-state index contributed by atoms with van der Waals surface area (Å²) in [5.41, 5.74) is 3.99. The van der Waals surface area contributed by atoms with Crippen LogP contribution in [0, 0.1) is 22.7 Å². The summed E-state index contributed by atoms with van der Waals surface area (Å²) in [6.07, 6.45) is 0. The maximum Gasteiger partial charge on any atom is 0.258 e. The third-order valence-electron chi connectivity index (χ3n) is 3.23. The van der Waals surface area contributed by atoms with Gasteiger partial charge in [0.1, 0.15) is 12.1 Å². The predicted molar refractivity (Wildman–Crippen MR) is 74.5 cm³/mol. The number of amides is 1. The van der Waals surface area contributed by atoms with Gasteiger partial charge in [0.25, 0.3) is 5.91 Å². The number of aliphatic hydroxyl groups is 1. The number of carbonyl (C=O) groups is 1. The lowest BCUT2D eigenvalue weighted by Crippen LogP contribution is -2.42. The average molecular weight is 277 g/mol. The van der Waals surface area contributed by atoms with Crippen molar-refractivity contribution in [3.63, 3.8) is 0 Å². The molecule has 5 nitrogen and oxygen atoms in total. The molecule has 0 fully saturated rings. The Hall–Kier alpha value is -3.15. The lowest BCUT2D eigenvalue weighted by Gasteiger charge is -2.26. The van der Waals surface area contributed by atoms with Crippen LogP contribution in [0.4, 0.5) is 0 Å². The highest BCUT2D eigenvalue weighted by atomic mass is 16.3. The van der Waals surface area contributed by atoms with Crippen LogP contribution >= 0.6 is 0 Å². The van der Waals surface area contributed by atoms with Gasteiger partial charge in [-0.3, -0.25) is 4.79 Å². The number of primary amides is 1. The first-order chi connectivity index (χ1) is 10.0. The average Bonchev–Trinajstić information content (AvgIpc) is 2.53. The van der Waals surface area contributed by atoms with Gasteiger partial charge in [-0.05, 0) is 23.3 Å². The quantitative estimate of drug-likeness (QED) is 0.876. The fourth-order valence-corrected chi connectivity index (χ4v) is 2.09. The molecule has 0 spiro atoms. The molecule has 0 radical (unpaired) electrons. The van der Waals surface area contributed by atoms with E-state index >= 15 is 0 Å². The summed E-state index contributed by atoms with van der Waals surface area (Å²) in [5, 5.41) is 28.7. The summed E-state index contributed by atoms with van der Waals surface area (Å²) in [7, 11) is 0. The van der Waals surface area contributed by atoms with Crippen LogP contribution in [-0.4, -0.2) is 11.0 Å². The van der Waals surface area contributed by atoms with Crippen molar-refractivity contribution >= 4 is 5.91 Å². The van der Waals surface area contributed by atoms with Crippen molar-refractivity contribution in [1.82, 2.24) is 0 Å². The van der Waals surface area contributed by atoms with Crippen LogP contribution in [0.25, 0.3) is 0 Å². The summed E-state index contributed by atoms with van der Waals surface area (Å²) < 4.78 is 0. The molecule has 0 saturated carbocycles. The van der Waals surface area contributed by atoms with Crippen molar-refractivity contribution in [2.45, 2.75) is 5.60 Å². The summed E-state index contributed by atoms with van der Waals surface area (Å²) in [6.45, 7) is 0. The van der Waals surface area contributed by atoms with E-state index in [0.29, 0.717) is 5.56 Å². The molecule has 0 heterocycles. The van der Waals surface area contributed by atoms with Crippen molar-refractivity contribution in [3.05, 3.63) is 70.8 Å². The minimum Gasteiger partial charge on any atom is -0.372 e. The van der Waals surface area contributed by atoms with Crippen molar-refractivity contribution in [2.75, 3.05) is 0 Å². The molecule has 102 valence electrons. The maximum absolute atomic E-state index is 11.8. The third-order valence-corrected chi connectivity index (χ3v) is 3.23. The number of hydrogen-bond acceptors (Lipinski definition) is 4. The molecule has 2 rings (SSSR count). The van der Waals surface area contributed by atoms with E-state index in [2.05, 4.69) is 0 Å². The van der Waals surface area contributed by atoms with Gasteiger partial charge in [0.2, 0.25) is 0 Å². The number of nitrogens with zero attached hydrogens (tertiary/aromatic N) is 2. The topological polar surface area (TPSA) is 111 Å². The van der Waals surface area contributed by atoms with Crippen LogP contribution in [0.5, 0.6) is 0 Å². The Morgan fingerprint density at radius 3 is 2.14 bits per heavy atom. The molecule has 3 N–H and O–H groups in total. The zero-order chi connectivity index (χ0) is 15.5. The normalized spacial score (nSPS) is 12.7. The Labute approximate surface area is 121 Å². The van der Waals surface area contributed by atoms with E-state index in [4.69, 9.17) is 16.3 Å². The van der Waals surface area contributed by atoms with Gasteiger partial charge in [-0.25, -0.2) is 0 Å². The lowest BCUT2D eigenvalue weighted by atomic mass is 9.84. The third kappa shape index (κ3) is 2.34. The first-order valence-electron chi connectivity index (χ1n) is 6.06. The Morgan fingerprint density at radius 2 is 1.62 bits per heavy atom. The molecule has 0 aromatic heterocycles. The Balaban J connectivity index is 2.69. The molecule has 0 aliphatic rings. The van der Waals surface area contributed by atoms with E-state index in [9.17, 15) is 9.90 Å². The smallest absolute Gasteiger partial charge is 0.258 e. The molecule has 0 aliphatic carbocycles. The Kier molecular flexibility index (Phi) is 3.71. The van der Waals surface area contributed by atoms with E-state index in [-0.39, 0.29) is 16.7 Å². The van der Waals surface area contributed by atoms with Crippen LogP contribution in [0.1, 0.15) is 22.3 Å². The highest BCUT2D eigenvalue weighted by molar-refractivity contribution is 5.88. The van der Waals surface area contributed by atoms with Crippen LogP contribution in [0.2, 0.25) is 0 Å². The first-order valence-corrected chi connectivity index (χ1v) is 6.06. The predicted octanol–water partition coefficient (Wildman–Crippen LogP) is 1.15. The number of carbonyl (C=O) groups excluding carboxylic acids is 1. The van der Waals surface area contributed by atoms with E-state index in [0.717, 1.165) is 0 Å². The monoisotopic (exact) mass is 277 g/mol. The molecular formula is C16H11N3O2. The van der Waals surface area contributed by atoms with Crippen molar-refractivity contribution in [2.24, 2.45) is 5.73 Å². The van der Waals surface area contributed by atoms with Crippen LogP contribution in [0.15, 0.2) is 48.5 Å². The molecule has 1 atom stereocenters. The van der Waals surface area contributed by atoms with Gasteiger partial charge >= 0.3 is 0 Å². The maximum atomic E-state index is 11.8. The molecule has 2 aromatic rings. The molecule has 1 amide bonds. The number of rotatable bonds is 3. The van der Waals surface area contributed by atoms with Crippen molar-refractivity contribution in [1.29, 1.82) is 10.5 Å². The molecule has 5 heteroatoms. The van der Waals surface area contributed by atoms with Gasteiger partial charge in [-0.2, -0.15) is 10.5 Å². The van der Waals surface area contributed by atoms with Gasteiger partial charge in [0, 0.05) is 0 Å². The minimum absolute atomic E-state index is 0.0746. The van der Waals surface area contributed by atoms with Crippen LogP contribution < -0.4 is 5.73 Å². The van der Waals surface area contributed by atoms with Crippen LogP contribution in [-0.2, 0) is 10.4 Å². The van der Waals surface area contributed by atoms with Gasteiger partial charge in [0.05, 0.1) is 11.1 Å². The fraction of sp³-hybridized carbons (Fsp3) is 0.0625. The zero-order valence-electron chi connectivity index (χ0n) is 10.9. The minimum atomic E-state index is -2.05. The van der Waals surface area contributed by atoms with Crippen LogP contribution in [0.3, 0.4) is 0 Å². The molecule has 0 bridgehead atoms. The lowest BCUT2D eigenvalue weighted by molar-refractivity contribution is -0.133. The fourth-order valence-electron chi connectivity index (χ4n) is 2.09. The number of nitrogens with two attached hydrogens (primary N) is 1. The van der Waals surface area contributed by atoms with E-state index in [1.165, 1.54) is 18.2 Å². The largest absolute Gasteiger partial charge is 0.372 e. The van der Waals surface area contributed by atoms with E-state index in [1.54, 1.807) is 30.3 Å². The SMILES string of the molecule is N#Cc1ccc(C(O)(C(N)=O)c2ccccc2)cc1C#N. The highest BCUT2D eigenvalue weighted by Crippen LogP contribution is 2.30. The van der Waals surface area contributed by atoms with Gasteiger partial charge < -0.3 is 10.8 Å². The number of benzene rings is 2. The molecule has 0 aliphatic heterocycles. The van der Waals surface area contributed by atoms with Gasteiger partial charge in [-0.15, -0.1) is 0 Å². The molecule has 21 heavy (non-hydrogen) atoms. The Bertz CT molecular complexity index is 772. The molecule has 0 saturated heterocycles. The summed E-state index contributed by atoms with van der Waals surface area (Å²) in [4.78, 5) is 11.8. The standard InChI is InChI=1S/C16H11N3O2/c17-9-11-6-7-14(8-12(11)10-18)16(21,15(19)20)13-4-2-1-3-5-13/h1-8,21H,(H2,19,20). The molecule has 1 unspecified atom stereocenters. The second-order valence-electron chi connectivity index (χ2n) is 4.42. The molecular weight excluding hydrogens is 266 g/mol. The summed E-state index contributed by atoms with van der Waals surface area (Å²) in [5.74, 6) is -0.956. The van der Waals surface area contributed by atoms with Gasteiger partial charge in [-0.1, -0.05) is 36.4 Å². The summed E-state index contributed by atoms with van der Waals surface area (Å²) in [6, 6.07) is 16.0. The van der Waals surface area contributed by atoms with E-state index < -0.39 is 11.5 Å². The molecule has 2 aromatic carbocycles. The number of hydrogen-bond donors (Lipinski definition) is 2. The van der Waals surface area contributed by atoms with Crippen molar-refractivity contribution < 1.29 is 9.90 Å².